The lowest BCUT2D eigenvalue weighted by atomic mass is 9.95. The molecule has 0 bridgehead atoms. The maximum absolute atomic E-state index is 14.3. The molecule has 0 aliphatic carbocycles. The molecule has 0 aromatic heterocycles. The van der Waals surface area contributed by atoms with E-state index in [0.29, 0.717) is 31.2 Å². The van der Waals surface area contributed by atoms with Crippen LogP contribution in [0.2, 0.25) is 0 Å². The predicted octanol–water partition coefficient (Wildman–Crippen LogP) is 5.39. The normalized spacial score (nSPS) is 10.4. The lowest BCUT2D eigenvalue weighted by Gasteiger charge is -2.14. The molecule has 3 N–H and O–H groups in total. The van der Waals surface area contributed by atoms with Crippen molar-refractivity contribution in [3.63, 3.8) is 0 Å². The van der Waals surface area contributed by atoms with Crippen LogP contribution in [0.5, 0.6) is 17.2 Å². The van der Waals surface area contributed by atoms with Crippen LogP contribution in [0.25, 0.3) is 0 Å². The van der Waals surface area contributed by atoms with Gasteiger partial charge in [-0.1, -0.05) is 0 Å². The van der Waals surface area contributed by atoms with Gasteiger partial charge >= 0.3 is 0 Å². The quantitative estimate of drug-likeness (QED) is 0.418. The topological polar surface area (TPSA) is 108 Å². The molecule has 3 rings (SSSR count). The summed E-state index contributed by atoms with van der Waals surface area (Å²) in [4.78, 5) is 0. The van der Waals surface area contributed by atoms with Gasteiger partial charge in [0.15, 0.2) is 0 Å². The summed E-state index contributed by atoms with van der Waals surface area (Å²) in [6.45, 7) is 0. The standard InChI is InChI=1S/C22H13Br2FN2O3/c23-18-3-11(9-26)1-13(21(18)29)5-15-7-17(25)8-16(20(15)28)6-14-2-12(10-27)4-19(24)22(14)30/h1-4,7-8,28-30H,5-6H2. The van der Waals surface area contributed by atoms with Crippen LogP contribution >= 0.6 is 31.9 Å². The number of halogens is 3. The number of benzene rings is 3. The van der Waals surface area contributed by atoms with E-state index in [9.17, 15) is 19.7 Å². The molecule has 5 nitrogen and oxygen atoms in total. The van der Waals surface area contributed by atoms with Gasteiger partial charge in [0.25, 0.3) is 0 Å². The molecule has 0 atom stereocenters. The molecule has 0 fully saturated rings. The van der Waals surface area contributed by atoms with Crippen LogP contribution in [-0.4, -0.2) is 15.3 Å². The molecule has 3 aromatic carbocycles. The fourth-order valence-electron chi connectivity index (χ4n) is 3.11. The second kappa shape index (κ2) is 8.74. The Morgan fingerprint density at radius 3 is 1.40 bits per heavy atom. The molecule has 0 aliphatic heterocycles. The third-order valence-corrected chi connectivity index (χ3v) is 5.75. The number of hydrogen-bond donors (Lipinski definition) is 3. The first-order valence-corrected chi connectivity index (χ1v) is 10.1. The Hall–Kier alpha value is -3.07. The van der Waals surface area contributed by atoms with Gasteiger partial charge in [-0.05, 0) is 68.3 Å². The highest BCUT2D eigenvalue weighted by molar-refractivity contribution is 9.10. The molecule has 30 heavy (non-hydrogen) atoms. The first kappa shape index (κ1) is 21.6. The van der Waals surface area contributed by atoms with Gasteiger partial charge in [-0.15, -0.1) is 0 Å². The van der Waals surface area contributed by atoms with Crippen molar-refractivity contribution in [3.8, 4) is 29.4 Å². The maximum Gasteiger partial charge on any atom is 0.133 e. The van der Waals surface area contributed by atoms with Crippen molar-refractivity contribution in [3.05, 3.63) is 84.5 Å². The van der Waals surface area contributed by atoms with E-state index >= 15 is 0 Å². The summed E-state index contributed by atoms with van der Waals surface area (Å²) >= 11 is 6.35. The van der Waals surface area contributed by atoms with E-state index in [1.165, 1.54) is 24.3 Å². The lowest BCUT2D eigenvalue weighted by Crippen LogP contribution is -1.98. The van der Waals surface area contributed by atoms with Crippen molar-refractivity contribution < 1.29 is 19.7 Å². The number of aromatic hydroxyl groups is 3. The number of nitrogens with zero attached hydrogens (tertiary/aromatic N) is 2. The summed E-state index contributed by atoms with van der Waals surface area (Å²) in [6.07, 6.45) is -0.0467. The second-order valence-electron chi connectivity index (χ2n) is 6.58. The number of nitriles is 2. The maximum atomic E-state index is 14.3. The Bertz CT molecular complexity index is 1150. The molecule has 0 radical (unpaired) electrons. The Morgan fingerprint density at radius 1 is 0.667 bits per heavy atom. The highest BCUT2D eigenvalue weighted by Crippen LogP contribution is 2.36. The molecular formula is C22H13Br2FN2O3. The zero-order chi connectivity index (χ0) is 22.0. The van der Waals surface area contributed by atoms with Crippen molar-refractivity contribution in [2.45, 2.75) is 12.8 Å². The Balaban J connectivity index is 2.04. The number of phenolic OH excluding ortho intramolecular Hbond substituents is 3. The van der Waals surface area contributed by atoms with Crippen LogP contribution in [0.4, 0.5) is 4.39 Å². The van der Waals surface area contributed by atoms with E-state index in [1.54, 1.807) is 0 Å². The third kappa shape index (κ3) is 4.40. The Labute approximate surface area is 188 Å². The third-order valence-electron chi connectivity index (χ3n) is 4.54. The lowest BCUT2D eigenvalue weighted by molar-refractivity contribution is 0.453. The van der Waals surface area contributed by atoms with E-state index in [4.69, 9.17) is 10.5 Å². The van der Waals surface area contributed by atoms with Crippen LogP contribution < -0.4 is 0 Å². The van der Waals surface area contributed by atoms with E-state index in [1.807, 2.05) is 12.1 Å². The molecule has 0 saturated carbocycles. The average Bonchev–Trinajstić information content (AvgIpc) is 2.71. The van der Waals surface area contributed by atoms with Gasteiger partial charge in [0.2, 0.25) is 0 Å². The van der Waals surface area contributed by atoms with Crippen molar-refractivity contribution >= 4 is 31.9 Å². The van der Waals surface area contributed by atoms with Gasteiger partial charge < -0.3 is 15.3 Å². The van der Waals surface area contributed by atoms with Gasteiger partial charge in [-0.3, -0.25) is 0 Å². The fourth-order valence-corrected chi connectivity index (χ4v) is 4.11. The van der Waals surface area contributed by atoms with Crippen molar-refractivity contribution in [1.82, 2.24) is 0 Å². The molecule has 0 amide bonds. The summed E-state index contributed by atoms with van der Waals surface area (Å²) < 4.78 is 14.9. The molecule has 150 valence electrons. The number of hydrogen-bond acceptors (Lipinski definition) is 5. The van der Waals surface area contributed by atoms with E-state index in [0.717, 1.165) is 12.1 Å². The van der Waals surface area contributed by atoms with E-state index in [-0.39, 0.29) is 41.2 Å². The summed E-state index contributed by atoms with van der Waals surface area (Å²) in [6, 6.07) is 12.1. The zero-order valence-electron chi connectivity index (χ0n) is 15.2. The van der Waals surface area contributed by atoms with Gasteiger partial charge in [0, 0.05) is 35.1 Å². The summed E-state index contributed by atoms with van der Waals surface area (Å²) in [5.74, 6) is -1.03. The minimum absolute atomic E-state index is 0.0234. The molecule has 0 spiro atoms. The van der Waals surface area contributed by atoms with Crippen LogP contribution in [0.1, 0.15) is 33.4 Å². The van der Waals surface area contributed by atoms with Crippen molar-refractivity contribution in [2.75, 3.05) is 0 Å². The average molecular weight is 532 g/mol. The number of phenols is 3. The molecule has 0 saturated heterocycles. The minimum Gasteiger partial charge on any atom is -0.507 e. The fraction of sp³-hybridized carbons (Fsp3) is 0.0909. The summed E-state index contributed by atoms with van der Waals surface area (Å²) in [5.41, 5.74) is 1.69. The highest BCUT2D eigenvalue weighted by atomic mass is 79.9. The SMILES string of the molecule is N#Cc1cc(Br)c(O)c(Cc2cc(F)cc(Cc3cc(C#N)cc(Br)c3O)c2O)c1. The van der Waals surface area contributed by atoms with Gasteiger partial charge in [-0.25, -0.2) is 4.39 Å². The molecule has 0 heterocycles. The first-order valence-electron chi connectivity index (χ1n) is 8.56. The van der Waals surface area contributed by atoms with Crippen LogP contribution in [0.3, 0.4) is 0 Å². The second-order valence-corrected chi connectivity index (χ2v) is 8.29. The zero-order valence-corrected chi connectivity index (χ0v) is 18.4. The van der Waals surface area contributed by atoms with Crippen LogP contribution in [-0.2, 0) is 12.8 Å². The minimum atomic E-state index is -0.609. The predicted molar refractivity (Wildman–Crippen MR) is 115 cm³/mol. The Morgan fingerprint density at radius 2 is 1.03 bits per heavy atom. The Kier molecular flexibility index (Phi) is 6.31. The number of rotatable bonds is 4. The largest absolute Gasteiger partial charge is 0.507 e. The smallest absolute Gasteiger partial charge is 0.133 e. The van der Waals surface area contributed by atoms with Crippen molar-refractivity contribution in [1.29, 1.82) is 10.5 Å². The van der Waals surface area contributed by atoms with Gasteiger partial charge in [-0.2, -0.15) is 10.5 Å². The van der Waals surface area contributed by atoms with Crippen molar-refractivity contribution in [2.24, 2.45) is 0 Å². The van der Waals surface area contributed by atoms with Crippen LogP contribution in [0.15, 0.2) is 45.3 Å². The molecule has 0 aliphatic rings. The first-order chi connectivity index (χ1) is 14.2. The molecule has 3 aromatic rings. The molecule has 8 heteroatoms. The van der Waals surface area contributed by atoms with Crippen LogP contribution in [0, 0.1) is 28.5 Å². The van der Waals surface area contributed by atoms with Gasteiger partial charge in [0.1, 0.15) is 23.1 Å². The monoisotopic (exact) mass is 530 g/mol. The van der Waals surface area contributed by atoms with E-state index in [2.05, 4.69) is 31.9 Å². The summed E-state index contributed by atoms with van der Waals surface area (Å²) in [7, 11) is 0. The molecule has 0 unspecified atom stereocenters. The summed E-state index contributed by atoms with van der Waals surface area (Å²) in [5, 5.41) is 49.5. The van der Waals surface area contributed by atoms with E-state index < -0.39 is 5.82 Å². The van der Waals surface area contributed by atoms with Gasteiger partial charge in [0.05, 0.1) is 32.2 Å². The highest BCUT2D eigenvalue weighted by Gasteiger charge is 2.17. The molecular weight excluding hydrogens is 519 g/mol.